The Morgan fingerprint density at radius 2 is 2.00 bits per heavy atom. The van der Waals surface area contributed by atoms with E-state index in [0.717, 1.165) is 28.6 Å². The van der Waals surface area contributed by atoms with Gasteiger partial charge in [0.15, 0.2) is 0 Å². The third-order valence-electron chi connectivity index (χ3n) is 6.71. The number of carbonyl (C=O) groups is 1. The smallest absolute Gasteiger partial charge is 0.261 e. The Balaban J connectivity index is 1.52. The largest absolute Gasteiger partial charge is 0.344 e. The van der Waals surface area contributed by atoms with Crippen LogP contribution in [0.4, 0.5) is 4.39 Å². The SMILES string of the molecule is CC(C)(C)[C@H]1CCc2nc3sc(C(=O)N[C@H](CCNCCF)c4ccccc4)cc3cc2C1. The number of aromatic nitrogens is 1. The van der Waals surface area contributed by atoms with Crippen LogP contribution in [0.3, 0.4) is 0 Å². The molecule has 0 spiro atoms. The van der Waals surface area contributed by atoms with E-state index in [1.807, 2.05) is 36.4 Å². The van der Waals surface area contributed by atoms with Crippen molar-refractivity contribution in [2.24, 2.45) is 11.3 Å². The van der Waals surface area contributed by atoms with Crippen LogP contribution in [0.2, 0.25) is 0 Å². The highest BCUT2D eigenvalue weighted by molar-refractivity contribution is 7.20. The molecule has 176 valence electrons. The lowest BCUT2D eigenvalue weighted by molar-refractivity contribution is 0.0938. The van der Waals surface area contributed by atoms with Crippen molar-refractivity contribution in [1.29, 1.82) is 0 Å². The van der Waals surface area contributed by atoms with Crippen molar-refractivity contribution in [3.8, 4) is 0 Å². The monoisotopic (exact) mass is 467 g/mol. The maximum Gasteiger partial charge on any atom is 0.261 e. The number of fused-ring (bicyclic) bond motifs is 2. The number of benzene rings is 1. The van der Waals surface area contributed by atoms with Crippen LogP contribution < -0.4 is 10.6 Å². The summed E-state index contributed by atoms with van der Waals surface area (Å²) in [5.74, 6) is 0.575. The number of aryl methyl sites for hydroxylation is 1. The average molecular weight is 468 g/mol. The number of halogens is 1. The van der Waals surface area contributed by atoms with Gasteiger partial charge in [0.25, 0.3) is 5.91 Å². The van der Waals surface area contributed by atoms with Gasteiger partial charge in [0, 0.05) is 17.6 Å². The minimum atomic E-state index is -0.391. The van der Waals surface area contributed by atoms with Crippen molar-refractivity contribution in [1.82, 2.24) is 15.6 Å². The number of thiophene rings is 1. The van der Waals surface area contributed by atoms with Gasteiger partial charge >= 0.3 is 0 Å². The summed E-state index contributed by atoms with van der Waals surface area (Å²) in [4.78, 5) is 19.7. The van der Waals surface area contributed by atoms with Gasteiger partial charge in [-0.25, -0.2) is 9.37 Å². The molecule has 1 amide bonds. The molecule has 0 radical (unpaired) electrons. The number of hydrogen-bond acceptors (Lipinski definition) is 4. The van der Waals surface area contributed by atoms with Crippen molar-refractivity contribution < 1.29 is 9.18 Å². The Labute approximate surface area is 200 Å². The van der Waals surface area contributed by atoms with E-state index in [-0.39, 0.29) is 17.4 Å². The zero-order valence-corrected chi connectivity index (χ0v) is 20.6. The van der Waals surface area contributed by atoms with Gasteiger partial charge in [0.05, 0.1) is 10.9 Å². The summed E-state index contributed by atoms with van der Waals surface area (Å²) in [5, 5.41) is 7.33. The highest BCUT2D eigenvalue weighted by Gasteiger charge is 2.29. The van der Waals surface area contributed by atoms with Crippen molar-refractivity contribution in [3.05, 3.63) is 64.2 Å². The Bertz CT molecular complexity index is 1090. The van der Waals surface area contributed by atoms with E-state index in [1.54, 1.807) is 0 Å². The molecule has 1 aromatic carbocycles. The van der Waals surface area contributed by atoms with Crippen molar-refractivity contribution in [3.63, 3.8) is 0 Å². The number of alkyl halides is 1. The molecule has 2 heterocycles. The lowest BCUT2D eigenvalue weighted by Gasteiger charge is -2.34. The van der Waals surface area contributed by atoms with Crippen molar-refractivity contribution >= 4 is 27.5 Å². The van der Waals surface area contributed by atoms with Gasteiger partial charge in [0.2, 0.25) is 0 Å². The summed E-state index contributed by atoms with van der Waals surface area (Å²) in [5.41, 5.74) is 3.87. The normalized spacial score (nSPS) is 17.0. The molecule has 1 aliphatic rings. The third kappa shape index (κ3) is 5.79. The van der Waals surface area contributed by atoms with Gasteiger partial charge in [0.1, 0.15) is 11.5 Å². The van der Waals surface area contributed by atoms with E-state index in [9.17, 15) is 9.18 Å². The molecule has 2 atom stereocenters. The van der Waals surface area contributed by atoms with Gasteiger partial charge in [-0.2, -0.15) is 0 Å². The van der Waals surface area contributed by atoms with Crippen LogP contribution in [-0.2, 0) is 12.8 Å². The van der Waals surface area contributed by atoms with E-state index < -0.39 is 6.67 Å². The van der Waals surface area contributed by atoms with E-state index in [1.165, 1.54) is 29.0 Å². The molecule has 0 bridgehead atoms. The van der Waals surface area contributed by atoms with Crippen molar-refractivity contribution in [2.45, 2.75) is 52.5 Å². The molecule has 4 rings (SSSR count). The quantitative estimate of drug-likeness (QED) is 0.408. The first-order chi connectivity index (χ1) is 15.8. The predicted molar refractivity (Wildman–Crippen MR) is 135 cm³/mol. The molecule has 0 aliphatic heterocycles. The average Bonchev–Trinajstić information content (AvgIpc) is 3.22. The third-order valence-corrected chi connectivity index (χ3v) is 7.75. The number of carbonyl (C=O) groups excluding carboxylic acids is 1. The van der Waals surface area contributed by atoms with Gasteiger partial charge < -0.3 is 10.6 Å². The lowest BCUT2D eigenvalue weighted by Crippen LogP contribution is -2.31. The summed E-state index contributed by atoms with van der Waals surface area (Å²) >= 11 is 1.47. The summed E-state index contributed by atoms with van der Waals surface area (Å²) in [6, 6.07) is 14.0. The highest BCUT2D eigenvalue weighted by Crippen LogP contribution is 2.38. The topological polar surface area (TPSA) is 54.0 Å². The van der Waals surface area contributed by atoms with E-state index in [0.29, 0.717) is 30.3 Å². The second kappa shape index (κ2) is 10.3. The minimum Gasteiger partial charge on any atom is -0.344 e. The number of pyridine rings is 1. The summed E-state index contributed by atoms with van der Waals surface area (Å²) < 4.78 is 12.4. The second-order valence-electron chi connectivity index (χ2n) is 10.1. The molecule has 6 heteroatoms. The molecule has 0 saturated heterocycles. The van der Waals surface area contributed by atoms with Gasteiger partial charge in [-0.3, -0.25) is 4.79 Å². The van der Waals surface area contributed by atoms with Crippen LogP contribution >= 0.6 is 11.3 Å². The fourth-order valence-corrected chi connectivity index (χ4v) is 5.59. The first-order valence-electron chi connectivity index (χ1n) is 11.9. The summed E-state index contributed by atoms with van der Waals surface area (Å²) in [6.07, 6.45) is 3.93. The maximum absolute atomic E-state index is 13.2. The first-order valence-corrected chi connectivity index (χ1v) is 12.7. The number of rotatable bonds is 8. The van der Waals surface area contributed by atoms with Crippen LogP contribution in [-0.4, -0.2) is 30.7 Å². The molecular weight excluding hydrogens is 433 g/mol. The van der Waals surface area contributed by atoms with Crippen LogP contribution in [0.5, 0.6) is 0 Å². The zero-order chi connectivity index (χ0) is 23.4. The van der Waals surface area contributed by atoms with Crippen molar-refractivity contribution in [2.75, 3.05) is 19.8 Å². The number of nitrogens with one attached hydrogen (secondary N) is 2. The number of hydrogen-bond donors (Lipinski definition) is 2. The fraction of sp³-hybridized carbons (Fsp3) is 0.481. The fourth-order valence-electron chi connectivity index (χ4n) is 4.65. The Morgan fingerprint density at radius 3 is 2.73 bits per heavy atom. The molecular formula is C27H34FN3OS. The predicted octanol–water partition coefficient (Wildman–Crippen LogP) is 5.87. The number of nitrogens with zero attached hydrogens (tertiary/aromatic N) is 1. The molecule has 3 aromatic rings. The standard InChI is InChI=1S/C27H34FN3OS/c1-27(2,3)21-9-10-22-19(16-21)15-20-17-24(33-26(20)31-22)25(32)30-23(11-13-29-14-12-28)18-7-5-4-6-8-18/h4-8,15,17,21,23,29H,9-14,16H2,1-3H3,(H,30,32)/t21-,23+/m0/s1. The maximum atomic E-state index is 13.2. The second-order valence-corrected chi connectivity index (χ2v) is 11.1. The van der Waals surface area contributed by atoms with Gasteiger partial charge in [-0.15, -0.1) is 11.3 Å². The molecule has 33 heavy (non-hydrogen) atoms. The van der Waals surface area contributed by atoms with Crippen LogP contribution in [0.1, 0.15) is 66.1 Å². The first kappa shape index (κ1) is 23.8. The summed E-state index contributed by atoms with van der Waals surface area (Å²) in [7, 11) is 0. The molecule has 0 unspecified atom stereocenters. The van der Waals surface area contributed by atoms with Crippen LogP contribution in [0, 0.1) is 11.3 Å². The van der Waals surface area contributed by atoms with E-state index in [4.69, 9.17) is 4.98 Å². The molecule has 1 aliphatic carbocycles. The molecule has 0 saturated carbocycles. The lowest BCUT2D eigenvalue weighted by atomic mass is 9.71. The van der Waals surface area contributed by atoms with E-state index >= 15 is 0 Å². The highest BCUT2D eigenvalue weighted by atomic mass is 32.1. The Kier molecular flexibility index (Phi) is 7.45. The molecule has 2 aromatic heterocycles. The van der Waals surface area contributed by atoms with E-state index in [2.05, 4.69) is 37.5 Å². The molecule has 4 nitrogen and oxygen atoms in total. The molecule has 2 N–H and O–H groups in total. The summed E-state index contributed by atoms with van der Waals surface area (Å²) in [6.45, 7) is 7.53. The number of amides is 1. The van der Waals surface area contributed by atoms with Crippen LogP contribution in [0.25, 0.3) is 10.2 Å². The molecule has 0 fully saturated rings. The minimum absolute atomic E-state index is 0.0807. The van der Waals surface area contributed by atoms with Crippen LogP contribution in [0.15, 0.2) is 42.5 Å². The van der Waals surface area contributed by atoms with Gasteiger partial charge in [-0.05, 0) is 66.8 Å². The van der Waals surface area contributed by atoms with Gasteiger partial charge in [-0.1, -0.05) is 51.1 Å². The zero-order valence-electron chi connectivity index (χ0n) is 19.8. The Morgan fingerprint density at radius 1 is 1.21 bits per heavy atom. The Hall–Kier alpha value is -2.31.